The largest absolute Gasteiger partial charge is 0.506 e. The molecule has 0 unspecified atom stereocenters. The summed E-state index contributed by atoms with van der Waals surface area (Å²) in [5.41, 5.74) is 6.00. The van der Waals surface area contributed by atoms with Gasteiger partial charge in [-0.05, 0) is 80.1 Å². The Hall–Kier alpha value is -4.17. The van der Waals surface area contributed by atoms with Crippen molar-refractivity contribution in [3.05, 3.63) is 88.0 Å². The molecule has 38 heavy (non-hydrogen) atoms. The van der Waals surface area contributed by atoms with Crippen LogP contribution < -0.4 is 0 Å². The van der Waals surface area contributed by atoms with Crippen LogP contribution in [0, 0.1) is 12.3 Å². The van der Waals surface area contributed by atoms with Gasteiger partial charge in [0.15, 0.2) is 5.78 Å². The molecule has 192 valence electrons. The average Bonchev–Trinajstić information content (AvgIpc) is 3.47. The number of pyridine rings is 1. The van der Waals surface area contributed by atoms with Crippen molar-refractivity contribution in [3.8, 4) is 11.4 Å². The molecule has 3 heterocycles. The van der Waals surface area contributed by atoms with Gasteiger partial charge in [-0.25, -0.2) is 14.3 Å². The van der Waals surface area contributed by atoms with Gasteiger partial charge in [-0.15, -0.1) is 0 Å². The van der Waals surface area contributed by atoms with E-state index in [0.29, 0.717) is 28.9 Å². The summed E-state index contributed by atoms with van der Waals surface area (Å²) in [5, 5.41) is 24.8. The normalized spacial score (nSPS) is 17.1. The maximum Gasteiger partial charge on any atom is 0.335 e. The van der Waals surface area contributed by atoms with E-state index in [9.17, 15) is 19.8 Å². The Labute approximate surface area is 223 Å². The maximum atomic E-state index is 13.5. The van der Waals surface area contributed by atoms with E-state index in [1.807, 2.05) is 23.6 Å². The summed E-state index contributed by atoms with van der Waals surface area (Å²) in [6.45, 7) is 4.06. The molecule has 1 atom stereocenters. The fourth-order valence-corrected chi connectivity index (χ4v) is 5.83. The van der Waals surface area contributed by atoms with Gasteiger partial charge in [0, 0.05) is 28.9 Å². The predicted molar refractivity (Wildman–Crippen MR) is 144 cm³/mol. The third kappa shape index (κ3) is 3.92. The Kier molecular flexibility index (Phi) is 5.54. The standard InChI is InChI=1S/C29H25ClN4O4/c1-16-3-8-25(35)27-20-13-29(2,10-9-22(20)32-34(16)27)14-26(36)19-6-5-18(12-21(19)30)33-15-31-23-11-17(28(37)38)4-7-24(23)33/h3-8,11-12,15,35H,9-10,13-14H2,1-2H3,(H,37,38)/t29-/m1/s1. The SMILES string of the molecule is Cc1ccc(O)c2c3c(nn12)CC[C@@](C)(CC(=O)c1ccc(-n2cnc4cc(C(=O)O)ccc42)cc1Cl)C3. The van der Waals surface area contributed by atoms with E-state index in [2.05, 4.69) is 11.9 Å². The van der Waals surface area contributed by atoms with Crippen molar-refractivity contribution < 1.29 is 19.8 Å². The fourth-order valence-electron chi connectivity index (χ4n) is 5.55. The van der Waals surface area contributed by atoms with Crippen LogP contribution in [-0.2, 0) is 12.8 Å². The number of benzene rings is 2. The zero-order valence-electron chi connectivity index (χ0n) is 20.9. The number of aromatic hydroxyl groups is 1. The molecule has 0 spiro atoms. The number of halogens is 1. The minimum absolute atomic E-state index is 0.0361. The quantitative estimate of drug-likeness (QED) is 0.279. The number of carbonyl (C=O) groups is 2. The number of hydrogen-bond donors (Lipinski definition) is 2. The molecule has 0 fully saturated rings. The van der Waals surface area contributed by atoms with E-state index in [-0.39, 0.29) is 22.5 Å². The number of aromatic nitrogens is 4. The van der Waals surface area contributed by atoms with Gasteiger partial charge in [-0.1, -0.05) is 18.5 Å². The minimum atomic E-state index is -1.01. The highest BCUT2D eigenvalue weighted by molar-refractivity contribution is 6.34. The summed E-state index contributed by atoms with van der Waals surface area (Å²) in [6.07, 6.45) is 4.12. The molecule has 9 heteroatoms. The lowest BCUT2D eigenvalue weighted by Crippen LogP contribution is -2.28. The third-order valence-corrected chi connectivity index (χ3v) is 7.92. The first-order chi connectivity index (χ1) is 18.1. The number of aryl methyl sites for hydroxylation is 2. The highest BCUT2D eigenvalue weighted by atomic mass is 35.5. The van der Waals surface area contributed by atoms with E-state index < -0.39 is 5.97 Å². The molecule has 3 aromatic heterocycles. The number of ketones is 1. The molecule has 1 aliphatic rings. The number of fused-ring (bicyclic) bond motifs is 4. The molecular weight excluding hydrogens is 504 g/mol. The first kappa shape index (κ1) is 24.2. The lowest BCUT2D eigenvalue weighted by molar-refractivity contribution is 0.0696. The molecule has 0 amide bonds. The van der Waals surface area contributed by atoms with Gasteiger partial charge >= 0.3 is 5.97 Å². The van der Waals surface area contributed by atoms with Gasteiger partial charge in [0.05, 0.1) is 27.3 Å². The Morgan fingerprint density at radius 1 is 1.13 bits per heavy atom. The zero-order chi connectivity index (χ0) is 26.8. The van der Waals surface area contributed by atoms with Crippen molar-refractivity contribution in [1.82, 2.24) is 19.2 Å². The van der Waals surface area contributed by atoms with Crippen molar-refractivity contribution in [2.75, 3.05) is 0 Å². The fraction of sp³-hybridized carbons (Fsp3) is 0.241. The van der Waals surface area contributed by atoms with Crippen LogP contribution in [0.5, 0.6) is 5.75 Å². The van der Waals surface area contributed by atoms with Gasteiger partial charge in [0.25, 0.3) is 0 Å². The van der Waals surface area contributed by atoms with E-state index >= 15 is 0 Å². The molecule has 0 aliphatic heterocycles. The summed E-state index contributed by atoms with van der Waals surface area (Å²) < 4.78 is 3.61. The Morgan fingerprint density at radius 2 is 1.95 bits per heavy atom. The highest BCUT2D eigenvalue weighted by Crippen LogP contribution is 2.42. The van der Waals surface area contributed by atoms with Crippen LogP contribution in [0.3, 0.4) is 0 Å². The summed E-state index contributed by atoms with van der Waals surface area (Å²) in [4.78, 5) is 29.0. The number of carboxylic acids is 1. The predicted octanol–water partition coefficient (Wildman–Crippen LogP) is 5.81. The maximum absolute atomic E-state index is 13.5. The Morgan fingerprint density at radius 3 is 2.71 bits per heavy atom. The van der Waals surface area contributed by atoms with Crippen LogP contribution in [0.2, 0.25) is 5.02 Å². The number of carbonyl (C=O) groups excluding carboxylic acids is 1. The van der Waals surface area contributed by atoms with Crippen molar-refractivity contribution in [2.24, 2.45) is 5.41 Å². The van der Waals surface area contributed by atoms with E-state index in [0.717, 1.165) is 46.5 Å². The molecule has 1 aliphatic carbocycles. The Bertz CT molecular complexity index is 1790. The molecule has 2 aromatic carbocycles. The second kappa shape index (κ2) is 8.70. The van der Waals surface area contributed by atoms with Crippen LogP contribution >= 0.6 is 11.6 Å². The van der Waals surface area contributed by atoms with Gasteiger partial charge in [-0.3, -0.25) is 9.36 Å². The van der Waals surface area contributed by atoms with Crippen molar-refractivity contribution in [3.63, 3.8) is 0 Å². The molecular formula is C29H25ClN4O4. The number of Topliss-reactive ketones (excluding diaryl/α,β-unsaturated/α-hetero) is 1. The lowest BCUT2D eigenvalue weighted by atomic mass is 9.71. The van der Waals surface area contributed by atoms with Gasteiger partial charge in [0.1, 0.15) is 17.6 Å². The molecule has 0 saturated heterocycles. The molecule has 8 nitrogen and oxygen atoms in total. The number of nitrogens with zero attached hydrogens (tertiary/aromatic N) is 4. The van der Waals surface area contributed by atoms with Crippen LogP contribution in [0.15, 0.2) is 54.9 Å². The van der Waals surface area contributed by atoms with Crippen LogP contribution in [0.25, 0.3) is 22.2 Å². The van der Waals surface area contributed by atoms with Crippen molar-refractivity contribution in [1.29, 1.82) is 0 Å². The van der Waals surface area contributed by atoms with E-state index in [4.69, 9.17) is 16.7 Å². The Balaban J connectivity index is 1.26. The first-order valence-corrected chi connectivity index (χ1v) is 12.7. The van der Waals surface area contributed by atoms with Gasteiger partial charge < -0.3 is 10.2 Å². The molecule has 0 radical (unpaired) electrons. The molecule has 2 N–H and O–H groups in total. The van der Waals surface area contributed by atoms with Crippen LogP contribution in [-0.4, -0.2) is 41.1 Å². The van der Waals surface area contributed by atoms with Crippen LogP contribution in [0.4, 0.5) is 0 Å². The third-order valence-electron chi connectivity index (χ3n) is 7.61. The molecule has 5 aromatic rings. The topological polar surface area (TPSA) is 110 Å². The van der Waals surface area contributed by atoms with E-state index in [1.165, 1.54) is 12.1 Å². The van der Waals surface area contributed by atoms with Gasteiger partial charge in [-0.2, -0.15) is 5.10 Å². The smallest absolute Gasteiger partial charge is 0.335 e. The highest BCUT2D eigenvalue weighted by Gasteiger charge is 2.36. The summed E-state index contributed by atoms with van der Waals surface area (Å²) in [7, 11) is 0. The number of imidazole rings is 1. The second-order valence-electron chi connectivity index (χ2n) is 10.4. The number of rotatable bonds is 5. The van der Waals surface area contributed by atoms with Gasteiger partial charge in [0.2, 0.25) is 0 Å². The first-order valence-electron chi connectivity index (χ1n) is 12.4. The second-order valence-corrected chi connectivity index (χ2v) is 10.8. The molecule has 6 rings (SSSR count). The number of aromatic carboxylic acids is 1. The van der Waals surface area contributed by atoms with Crippen LogP contribution in [0.1, 0.15) is 57.4 Å². The summed E-state index contributed by atoms with van der Waals surface area (Å²) in [6, 6.07) is 13.6. The minimum Gasteiger partial charge on any atom is -0.506 e. The van der Waals surface area contributed by atoms with Crippen molar-refractivity contribution >= 4 is 39.9 Å². The summed E-state index contributed by atoms with van der Waals surface area (Å²) in [5.74, 6) is -0.848. The monoisotopic (exact) mass is 528 g/mol. The zero-order valence-corrected chi connectivity index (χ0v) is 21.7. The van der Waals surface area contributed by atoms with Crippen molar-refractivity contribution in [2.45, 2.75) is 39.5 Å². The molecule has 0 saturated carbocycles. The number of carboxylic acid groups (broad SMARTS) is 1. The van der Waals surface area contributed by atoms with E-state index in [1.54, 1.807) is 35.1 Å². The average molecular weight is 529 g/mol. The summed E-state index contributed by atoms with van der Waals surface area (Å²) >= 11 is 6.62. The molecule has 0 bridgehead atoms. The lowest BCUT2D eigenvalue weighted by Gasteiger charge is -2.32. The number of hydrogen-bond acceptors (Lipinski definition) is 5.